The zero-order valence-corrected chi connectivity index (χ0v) is 21.3. The summed E-state index contributed by atoms with van der Waals surface area (Å²) in [5.74, 6) is -0.564. The lowest BCUT2D eigenvalue weighted by atomic mass is 10.0. The fourth-order valence-corrected chi connectivity index (χ4v) is 6.29. The lowest BCUT2D eigenvalue weighted by Gasteiger charge is -2.37. The summed E-state index contributed by atoms with van der Waals surface area (Å²) < 4.78 is 15.1. The van der Waals surface area contributed by atoms with Crippen molar-refractivity contribution in [2.75, 3.05) is 31.1 Å². The number of anilines is 1. The highest BCUT2D eigenvalue weighted by Gasteiger charge is 2.27. The Kier molecular flexibility index (Phi) is 6.52. The molecular formula is C29H29FN4O2S. The number of aromatic hydroxyl groups is 1. The number of pyridine rings is 1. The summed E-state index contributed by atoms with van der Waals surface area (Å²) >= 11 is 1.59. The second kappa shape index (κ2) is 10.1. The van der Waals surface area contributed by atoms with Crippen molar-refractivity contribution in [1.29, 1.82) is 0 Å². The van der Waals surface area contributed by atoms with Gasteiger partial charge in [-0.15, -0.1) is 0 Å². The van der Waals surface area contributed by atoms with Crippen LogP contribution in [0.15, 0.2) is 63.0 Å². The lowest BCUT2D eigenvalue weighted by Crippen LogP contribution is -2.44. The number of aliphatic imine (C=N–C) groups is 1. The zero-order valence-electron chi connectivity index (χ0n) is 20.5. The van der Waals surface area contributed by atoms with Gasteiger partial charge in [-0.25, -0.2) is 4.39 Å². The Hall–Kier alpha value is -3.49. The van der Waals surface area contributed by atoms with Crippen LogP contribution in [0.25, 0.3) is 21.9 Å². The van der Waals surface area contributed by atoms with Gasteiger partial charge in [-0.2, -0.15) is 11.3 Å². The highest BCUT2D eigenvalue weighted by atomic mass is 32.1. The third kappa shape index (κ3) is 4.79. The molecule has 0 unspecified atom stereocenters. The minimum atomic E-state index is -0.370. The van der Waals surface area contributed by atoms with Gasteiger partial charge in [0, 0.05) is 42.2 Å². The van der Waals surface area contributed by atoms with Crippen molar-refractivity contribution in [1.82, 2.24) is 9.88 Å². The molecular weight excluding hydrogens is 487 g/mol. The predicted octanol–water partition coefficient (Wildman–Crippen LogP) is 5.92. The van der Waals surface area contributed by atoms with Gasteiger partial charge in [-0.1, -0.05) is 6.07 Å². The number of piperidine rings is 1. The van der Waals surface area contributed by atoms with E-state index in [-0.39, 0.29) is 17.3 Å². The molecule has 37 heavy (non-hydrogen) atoms. The summed E-state index contributed by atoms with van der Waals surface area (Å²) in [5.41, 5.74) is 3.05. The van der Waals surface area contributed by atoms with Crippen LogP contribution in [0.1, 0.15) is 31.2 Å². The number of aromatic amines is 1. The average Bonchev–Trinajstić information content (AvgIpc) is 3.64. The maximum Gasteiger partial charge on any atom is 0.258 e. The number of nitrogens with one attached hydrogen (secondary N) is 1. The van der Waals surface area contributed by atoms with Gasteiger partial charge < -0.3 is 14.9 Å². The number of halogens is 1. The predicted molar refractivity (Wildman–Crippen MR) is 149 cm³/mol. The first kappa shape index (κ1) is 23.9. The molecule has 0 aliphatic carbocycles. The van der Waals surface area contributed by atoms with Crippen LogP contribution in [0.5, 0.6) is 5.88 Å². The number of nitrogens with zero attached hydrogens (tertiary/aromatic N) is 3. The van der Waals surface area contributed by atoms with Crippen LogP contribution >= 0.6 is 11.3 Å². The van der Waals surface area contributed by atoms with E-state index in [1.165, 1.54) is 38.2 Å². The molecule has 6 rings (SSSR count). The molecule has 4 heterocycles. The van der Waals surface area contributed by atoms with E-state index < -0.39 is 0 Å². The van der Waals surface area contributed by atoms with Gasteiger partial charge in [-0.05, 0) is 91.0 Å². The fraction of sp³-hybridized carbons (Fsp3) is 0.310. The minimum absolute atomic E-state index is 0.262. The first-order chi connectivity index (χ1) is 18.1. The van der Waals surface area contributed by atoms with Crippen LogP contribution in [0.4, 0.5) is 15.8 Å². The molecule has 2 aliphatic rings. The van der Waals surface area contributed by atoms with Gasteiger partial charge in [0.25, 0.3) is 5.56 Å². The topological polar surface area (TPSA) is 71.9 Å². The second-order valence-corrected chi connectivity index (χ2v) is 10.6. The van der Waals surface area contributed by atoms with Crippen molar-refractivity contribution in [2.45, 2.75) is 31.7 Å². The van der Waals surface area contributed by atoms with E-state index in [9.17, 15) is 9.90 Å². The van der Waals surface area contributed by atoms with E-state index in [1.807, 2.05) is 29.0 Å². The molecule has 190 valence electrons. The number of H-pyrrole nitrogens is 1. The van der Waals surface area contributed by atoms with Crippen molar-refractivity contribution >= 4 is 39.7 Å². The minimum Gasteiger partial charge on any atom is -0.494 e. The Morgan fingerprint density at radius 3 is 2.54 bits per heavy atom. The smallest absolute Gasteiger partial charge is 0.258 e. The molecule has 2 aliphatic heterocycles. The highest BCUT2D eigenvalue weighted by Crippen LogP contribution is 2.31. The standard InChI is InChI=1S/C29H29FN4O2S/c30-26-16-21(4-6-27(26)34-12-7-22(8-13-34)33-10-1-2-11-33)31-17-25-24-15-19(20-9-14-37-18-20)3-5-23(24)28(35)32-29(25)36/h3-6,9,14-18,22H,1-2,7-8,10-13H2,(H2,32,35,36). The lowest BCUT2D eigenvalue weighted by molar-refractivity contribution is 0.207. The normalized spacial score (nSPS) is 17.4. The van der Waals surface area contributed by atoms with Gasteiger partial charge in [0.2, 0.25) is 5.88 Å². The van der Waals surface area contributed by atoms with E-state index in [0.29, 0.717) is 33.8 Å². The molecule has 0 atom stereocenters. The van der Waals surface area contributed by atoms with Crippen LogP contribution in [0.3, 0.4) is 0 Å². The molecule has 8 heteroatoms. The second-order valence-electron chi connectivity index (χ2n) is 9.84. The molecule has 0 radical (unpaired) electrons. The van der Waals surface area contributed by atoms with Gasteiger partial charge in [-0.3, -0.25) is 14.8 Å². The van der Waals surface area contributed by atoms with E-state index in [4.69, 9.17) is 0 Å². The molecule has 0 spiro atoms. The molecule has 2 aromatic carbocycles. The van der Waals surface area contributed by atoms with Gasteiger partial charge >= 0.3 is 0 Å². The summed E-state index contributed by atoms with van der Waals surface area (Å²) in [5, 5.41) is 15.6. The monoisotopic (exact) mass is 516 g/mol. The van der Waals surface area contributed by atoms with Crippen LogP contribution < -0.4 is 10.5 Å². The molecule has 2 fully saturated rings. The van der Waals surface area contributed by atoms with E-state index in [1.54, 1.807) is 29.5 Å². The van der Waals surface area contributed by atoms with E-state index in [2.05, 4.69) is 19.8 Å². The maximum absolute atomic E-state index is 15.1. The largest absolute Gasteiger partial charge is 0.494 e. The van der Waals surface area contributed by atoms with Crippen molar-refractivity contribution in [3.63, 3.8) is 0 Å². The number of hydrogen-bond acceptors (Lipinski definition) is 6. The number of benzene rings is 2. The molecule has 2 N–H and O–H groups in total. The third-order valence-electron chi connectivity index (χ3n) is 7.63. The number of fused-ring (bicyclic) bond motifs is 1. The van der Waals surface area contributed by atoms with E-state index >= 15 is 4.39 Å². The Morgan fingerprint density at radius 2 is 1.81 bits per heavy atom. The number of rotatable bonds is 5. The average molecular weight is 517 g/mol. The number of hydrogen-bond donors (Lipinski definition) is 2. The summed E-state index contributed by atoms with van der Waals surface area (Å²) in [4.78, 5) is 24.1. The SMILES string of the molecule is O=c1[nH]c(O)c(C=Nc2ccc(N3CCC(N4CCCC4)CC3)c(F)c2)c2cc(-c3ccsc3)ccc12. The fourth-order valence-electron chi connectivity index (χ4n) is 5.62. The Bertz CT molecular complexity index is 1500. The third-order valence-corrected chi connectivity index (χ3v) is 8.32. The summed E-state index contributed by atoms with van der Waals surface area (Å²) in [6.07, 6.45) is 6.19. The van der Waals surface area contributed by atoms with E-state index in [0.717, 1.165) is 37.1 Å². The molecule has 0 saturated carbocycles. The number of aromatic nitrogens is 1. The van der Waals surface area contributed by atoms with Crippen molar-refractivity contribution in [2.24, 2.45) is 4.99 Å². The molecule has 2 aromatic heterocycles. The van der Waals surface area contributed by atoms with Crippen LogP contribution in [0.2, 0.25) is 0 Å². The maximum atomic E-state index is 15.1. The number of likely N-dealkylation sites (tertiary alicyclic amines) is 1. The first-order valence-electron chi connectivity index (χ1n) is 12.8. The molecule has 0 bridgehead atoms. The van der Waals surface area contributed by atoms with Gasteiger partial charge in [0.05, 0.1) is 16.9 Å². The van der Waals surface area contributed by atoms with Crippen LogP contribution in [0, 0.1) is 5.82 Å². The Balaban J connectivity index is 1.24. The summed E-state index contributed by atoms with van der Waals surface area (Å²) in [6.45, 7) is 4.09. The van der Waals surface area contributed by atoms with Crippen molar-refractivity contribution in [3.8, 4) is 17.0 Å². The van der Waals surface area contributed by atoms with Gasteiger partial charge in [0.15, 0.2) is 0 Å². The molecule has 2 saturated heterocycles. The van der Waals surface area contributed by atoms with Crippen molar-refractivity contribution < 1.29 is 9.50 Å². The molecule has 4 aromatic rings. The molecule has 6 nitrogen and oxygen atoms in total. The van der Waals surface area contributed by atoms with Gasteiger partial charge in [0.1, 0.15) is 5.82 Å². The number of thiophene rings is 1. The first-order valence-corrected chi connectivity index (χ1v) is 13.8. The summed E-state index contributed by atoms with van der Waals surface area (Å²) in [6, 6.07) is 13.2. The molecule has 0 amide bonds. The zero-order chi connectivity index (χ0) is 25.4. The van der Waals surface area contributed by atoms with Crippen LogP contribution in [-0.2, 0) is 0 Å². The van der Waals surface area contributed by atoms with Crippen molar-refractivity contribution in [3.05, 3.63) is 75.0 Å². The highest BCUT2D eigenvalue weighted by molar-refractivity contribution is 7.08. The Labute approximate surface area is 218 Å². The quantitative estimate of drug-likeness (QED) is 0.323. The van der Waals surface area contributed by atoms with Crippen LogP contribution in [-0.4, -0.2) is 53.4 Å². The Morgan fingerprint density at radius 1 is 1.00 bits per heavy atom. The summed E-state index contributed by atoms with van der Waals surface area (Å²) in [7, 11) is 0.